The van der Waals surface area contributed by atoms with Gasteiger partial charge in [0.05, 0.1) is 12.7 Å². The van der Waals surface area contributed by atoms with E-state index in [1.165, 1.54) is 18.2 Å². The molecule has 0 aliphatic rings. The van der Waals surface area contributed by atoms with Crippen molar-refractivity contribution in [3.63, 3.8) is 0 Å². The van der Waals surface area contributed by atoms with Crippen molar-refractivity contribution in [2.45, 2.75) is 20.3 Å². The van der Waals surface area contributed by atoms with Crippen LogP contribution in [0.15, 0.2) is 36.0 Å². The maximum atomic E-state index is 11.5. The number of esters is 1. The molecule has 0 unspecified atom stereocenters. The highest BCUT2D eigenvalue weighted by Crippen LogP contribution is 2.21. The van der Waals surface area contributed by atoms with Crippen LogP contribution in [0.25, 0.3) is 10.9 Å². The van der Waals surface area contributed by atoms with Crippen molar-refractivity contribution in [3.05, 3.63) is 47.2 Å². The van der Waals surface area contributed by atoms with Gasteiger partial charge in [0, 0.05) is 17.1 Å². The molecular formula is C15H17NO2. The zero-order valence-electron chi connectivity index (χ0n) is 10.9. The minimum Gasteiger partial charge on any atom is -0.465 e. The number of allylic oxidation sites excluding steroid dienone is 2. The van der Waals surface area contributed by atoms with Gasteiger partial charge in [-0.25, -0.2) is 4.79 Å². The Morgan fingerprint density at radius 3 is 2.83 bits per heavy atom. The summed E-state index contributed by atoms with van der Waals surface area (Å²) in [6, 6.07) is 5.56. The zero-order valence-corrected chi connectivity index (χ0v) is 10.9. The number of carbonyl (C=O) groups is 1. The van der Waals surface area contributed by atoms with Gasteiger partial charge in [0.2, 0.25) is 0 Å². The summed E-state index contributed by atoms with van der Waals surface area (Å²) < 4.78 is 4.74. The van der Waals surface area contributed by atoms with Crippen LogP contribution in [0.1, 0.15) is 29.8 Å². The number of H-pyrrole nitrogens is 1. The molecule has 0 aliphatic carbocycles. The van der Waals surface area contributed by atoms with Crippen LogP contribution in [0.4, 0.5) is 0 Å². The third kappa shape index (κ3) is 2.45. The van der Waals surface area contributed by atoms with E-state index in [-0.39, 0.29) is 5.97 Å². The predicted octanol–water partition coefficient (Wildman–Crippen LogP) is 3.46. The fourth-order valence-corrected chi connectivity index (χ4v) is 1.91. The van der Waals surface area contributed by atoms with Gasteiger partial charge in [-0.2, -0.15) is 0 Å². The quantitative estimate of drug-likeness (QED) is 0.662. The van der Waals surface area contributed by atoms with Crippen LogP contribution in [0, 0.1) is 0 Å². The number of fused-ring (bicyclic) bond motifs is 1. The molecule has 0 spiro atoms. The topological polar surface area (TPSA) is 42.1 Å². The lowest BCUT2D eigenvalue weighted by Gasteiger charge is -2.00. The number of ether oxygens (including phenoxy) is 1. The van der Waals surface area contributed by atoms with Crippen LogP contribution in [0.5, 0.6) is 0 Å². The summed E-state index contributed by atoms with van der Waals surface area (Å²) in [6.45, 7) is 4.16. The Hall–Kier alpha value is -2.03. The Kier molecular flexibility index (Phi) is 3.51. The number of aromatic nitrogens is 1. The largest absolute Gasteiger partial charge is 0.465 e. The number of methoxy groups -OCH3 is 1. The summed E-state index contributed by atoms with van der Waals surface area (Å²) in [7, 11) is 1.40. The molecular weight excluding hydrogens is 226 g/mol. The van der Waals surface area contributed by atoms with Gasteiger partial charge in [-0.15, -0.1) is 0 Å². The van der Waals surface area contributed by atoms with Crippen LogP contribution >= 0.6 is 0 Å². The van der Waals surface area contributed by atoms with Crippen LogP contribution in [0.2, 0.25) is 0 Å². The predicted molar refractivity (Wildman–Crippen MR) is 72.8 cm³/mol. The minimum absolute atomic E-state index is 0.300. The van der Waals surface area contributed by atoms with E-state index in [4.69, 9.17) is 4.74 Å². The first-order chi connectivity index (χ1) is 8.61. The molecule has 2 rings (SSSR count). The molecule has 1 N–H and O–H groups in total. The van der Waals surface area contributed by atoms with E-state index in [9.17, 15) is 4.79 Å². The minimum atomic E-state index is -0.300. The fourth-order valence-electron chi connectivity index (χ4n) is 1.91. The van der Waals surface area contributed by atoms with Crippen LogP contribution in [-0.2, 0) is 11.2 Å². The van der Waals surface area contributed by atoms with E-state index in [0.29, 0.717) is 5.56 Å². The van der Waals surface area contributed by atoms with E-state index >= 15 is 0 Å². The number of rotatable bonds is 3. The van der Waals surface area contributed by atoms with Gasteiger partial charge in [0.1, 0.15) is 0 Å². The van der Waals surface area contributed by atoms with E-state index < -0.39 is 0 Å². The van der Waals surface area contributed by atoms with Crippen molar-refractivity contribution >= 4 is 16.9 Å². The lowest BCUT2D eigenvalue weighted by Crippen LogP contribution is -2.00. The summed E-state index contributed by atoms with van der Waals surface area (Å²) in [5.74, 6) is -0.300. The summed E-state index contributed by atoms with van der Waals surface area (Å²) in [4.78, 5) is 14.7. The number of aromatic amines is 1. The smallest absolute Gasteiger partial charge is 0.337 e. The molecule has 0 bridgehead atoms. The van der Waals surface area contributed by atoms with Gasteiger partial charge < -0.3 is 9.72 Å². The second kappa shape index (κ2) is 5.08. The first kappa shape index (κ1) is 12.4. The molecule has 0 aliphatic heterocycles. The zero-order chi connectivity index (χ0) is 13.1. The van der Waals surface area contributed by atoms with Gasteiger partial charge in [0.15, 0.2) is 0 Å². The van der Waals surface area contributed by atoms with Crippen LogP contribution < -0.4 is 0 Å². The number of nitrogens with one attached hydrogen (secondary N) is 1. The number of hydrogen-bond acceptors (Lipinski definition) is 2. The molecule has 0 atom stereocenters. The summed E-state index contributed by atoms with van der Waals surface area (Å²) >= 11 is 0. The highest BCUT2D eigenvalue weighted by atomic mass is 16.5. The van der Waals surface area contributed by atoms with E-state index in [1.54, 1.807) is 6.07 Å². The maximum Gasteiger partial charge on any atom is 0.337 e. The van der Waals surface area contributed by atoms with Crippen LogP contribution in [0.3, 0.4) is 0 Å². The molecule has 0 saturated carbocycles. The summed E-state index contributed by atoms with van der Waals surface area (Å²) in [5, 5.41) is 1.08. The SMILES string of the molecule is COC(=O)c1ccc2[nH]cc(CC=C(C)C)c2c1. The molecule has 2 aromatic rings. The molecule has 18 heavy (non-hydrogen) atoms. The molecule has 94 valence electrons. The number of carbonyl (C=O) groups excluding carboxylic acids is 1. The van der Waals surface area contributed by atoms with Gasteiger partial charge >= 0.3 is 5.97 Å². The van der Waals surface area contributed by atoms with Crippen molar-refractivity contribution in [1.82, 2.24) is 4.98 Å². The normalized spacial score (nSPS) is 10.4. The second-order valence-electron chi connectivity index (χ2n) is 4.55. The molecule has 3 heteroatoms. The Labute approximate surface area is 106 Å². The number of hydrogen-bond donors (Lipinski definition) is 1. The summed E-state index contributed by atoms with van der Waals surface area (Å²) in [5.41, 5.74) is 4.10. The Morgan fingerprint density at radius 1 is 1.39 bits per heavy atom. The lowest BCUT2D eigenvalue weighted by molar-refractivity contribution is 0.0601. The molecule has 1 aromatic heterocycles. The van der Waals surface area contributed by atoms with Crippen molar-refractivity contribution < 1.29 is 9.53 Å². The van der Waals surface area contributed by atoms with Crippen molar-refractivity contribution in [1.29, 1.82) is 0 Å². The van der Waals surface area contributed by atoms with E-state index in [2.05, 4.69) is 24.9 Å². The summed E-state index contributed by atoms with van der Waals surface area (Å²) in [6.07, 6.45) is 5.03. The number of benzene rings is 1. The van der Waals surface area contributed by atoms with Crippen molar-refractivity contribution in [2.24, 2.45) is 0 Å². The average Bonchev–Trinajstić information content (AvgIpc) is 2.77. The molecule has 1 heterocycles. The van der Waals surface area contributed by atoms with E-state index in [0.717, 1.165) is 17.3 Å². The van der Waals surface area contributed by atoms with Crippen LogP contribution in [-0.4, -0.2) is 18.1 Å². The van der Waals surface area contributed by atoms with Crippen molar-refractivity contribution in [2.75, 3.05) is 7.11 Å². The molecule has 0 amide bonds. The van der Waals surface area contributed by atoms with Gasteiger partial charge in [-0.3, -0.25) is 0 Å². The highest BCUT2D eigenvalue weighted by molar-refractivity contribution is 5.95. The molecule has 3 nitrogen and oxygen atoms in total. The fraction of sp³-hybridized carbons (Fsp3) is 0.267. The monoisotopic (exact) mass is 243 g/mol. The average molecular weight is 243 g/mol. The highest BCUT2D eigenvalue weighted by Gasteiger charge is 2.08. The molecule has 1 aromatic carbocycles. The Morgan fingerprint density at radius 2 is 2.17 bits per heavy atom. The van der Waals surface area contributed by atoms with Gasteiger partial charge in [0.25, 0.3) is 0 Å². The third-order valence-electron chi connectivity index (χ3n) is 2.92. The van der Waals surface area contributed by atoms with Gasteiger partial charge in [-0.05, 0) is 44.0 Å². The third-order valence-corrected chi connectivity index (χ3v) is 2.92. The second-order valence-corrected chi connectivity index (χ2v) is 4.55. The Balaban J connectivity index is 2.43. The van der Waals surface area contributed by atoms with Gasteiger partial charge in [-0.1, -0.05) is 11.6 Å². The molecule has 0 saturated heterocycles. The Bertz CT molecular complexity index is 604. The van der Waals surface area contributed by atoms with E-state index in [1.807, 2.05) is 18.3 Å². The maximum absolute atomic E-state index is 11.5. The first-order valence-corrected chi connectivity index (χ1v) is 5.93. The standard InChI is InChI=1S/C15H17NO2/c1-10(2)4-5-12-9-16-14-7-6-11(8-13(12)14)15(17)18-3/h4,6-9,16H,5H2,1-3H3. The molecule has 0 radical (unpaired) electrons. The molecule has 0 fully saturated rings. The first-order valence-electron chi connectivity index (χ1n) is 5.93. The lowest BCUT2D eigenvalue weighted by atomic mass is 10.1. The van der Waals surface area contributed by atoms with Crippen molar-refractivity contribution in [3.8, 4) is 0 Å².